The standard InChI is InChI=1S/C17H16BrClN5O2/c1-21-15(14(18)8-20)13-7-12(9-22-16(13)26-2)24-17(25)23-11-5-3-4-10(19)6-11/h3-9,21H,1-2H3,(H2,23,24,25)/q-1/b15-14+. The van der Waals surface area contributed by atoms with E-state index in [1.165, 1.54) is 13.3 Å². The van der Waals surface area contributed by atoms with Crippen molar-refractivity contribution in [1.29, 1.82) is 0 Å². The minimum Gasteiger partial charge on any atom is -0.810 e. The van der Waals surface area contributed by atoms with E-state index in [2.05, 4.69) is 36.9 Å². The first-order valence-corrected chi connectivity index (χ1v) is 8.58. The molecule has 2 amide bonds. The van der Waals surface area contributed by atoms with E-state index in [4.69, 9.17) is 16.3 Å². The van der Waals surface area contributed by atoms with Gasteiger partial charge >= 0.3 is 6.03 Å². The largest absolute Gasteiger partial charge is 0.810 e. The Morgan fingerprint density at radius 3 is 2.65 bits per heavy atom. The summed E-state index contributed by atoms with van der Waals surface area (Å²) in [6.45, 7) is 0. The maximum Gasteiger partial charge on any atom is 0.323 e. The van der Waals surface area contributed by atoms with Crippen LogP contribution in [0.15, 0.2) is 41.0 Å². The summed E-state index contributed by atoms with van der Waals surface area (Å²) in [4.78, 5) is 16.4. The molecule has 0 saturated heterocycles. The van der Waals surface area contributed by atoms with E-state index in [1.54, 1.807) is 37.4 Å². The summed E-state index contributed by atoms with van der Waals surface area (Å²) in [6.07, 6.45) is 2.36. The molecule has 0 radical (unpaired) electrons. The number of carbonyl (C=O) groups excluding carboxylic acids is 1. The smallest absolute Gasteiger partial charge is 0.323 e. The summed E-state index contributed by atoms with van der Waals surface area (Å²) >= 11 is 9.15. The lowest BCUT2D eigenvalue weighted by Gasteiger charge is -2.15. The average molecular weight is 438 g/mol. The number of halogens is 2. The summed E-state index contributed by atoms with van der Waals surface area (Å²) in [7, 11) is 3.17. The number of aromatic nitrogens is 1. The summed E-state index contributed by atoms with van der Waals surface area (Å²) in [6, 6.07) is 8.02. The number of benzene rings is 1. The van der Waals surface area contributed by atoms with Gasteiger partial charge in [0.1, 0.15) is 0 Å². The van der Waals surface area contributed by atoms with Gasteiger partial charge in [0.15, 0.2) is 0 Å². The highest BCUT2D eigenvalue weighted by Gasteiger charge is 2.13. The highest BCUT2D eigenvalue weighted by molar-refractivity contribution is 9.12. The van der Waals surface area contributed by atoms with E-state index in [-0.39, 0.29) is 0 Å². The fraction of sp³-hybridized carbons (Fsp3) is 0.118. The zero-order chi connectivity index (χ0) is 19.1. The Morgan fingerprint density at radius 1 is 1.31 bits per heavy atom. The molecule has 1 heterocycles. The predicted octanol–water partition coefficient (Wildman–Crippen LogP) is 4.31. The number of allylic oxidation sites excluding steroid dienone is 1. The van der Waals surface area contributed by atoms with Crippen LogP contribution in [0.3, 0.4) is 0 Å². The van der Waals surface area contributed by atoms with Crippen molar-refractivity contribution in [1.82, 2.24) is 10.3 Å². The number of urea groups is 1. The number of ether oxygens (including phenoxy) is 1. The van der Waals surface area contributed by atoms with Crippen LogP contribution in [0, 0.1) is 0 Å². The second-order valence-corrected chi connectivity index (χ2v) is 6.26. The van der Waals surface area contributed by atoms with E-state index in [0.717, 1.165) is 6.21 Å². The lowest BCUT2D eigenvalue weighted by Crippen LogP contribution is -2.20. The Morgan fingerprint density at radius 2 is 2.04 bits per heavy atom. The number of nitrogens with zero attached hydrogens (tertiary/aromatic N) is 2. The van der Waals surface area contributed by atoms with Gasteiger partial charge in [0.2, 0.25) is 5.88 Å². The molecule has 2 aromatic rings. The highest BCUT2D eigenvalue weighted by Crippen LogP contribution is 2.28. The zero-order valence-corrected chi connectivity index (χ0v) is 16.4. The summed E-state index contributed by atoms with van der Waals surface area (Å²) < 4.78 is 5.65. The van der Waals surface area contributed by atoms with Gasteiger partial charge in [0.25, 0.3) is 0 Å². The van der Waals surface area contributed by atoms with Crippen LogP contribution >= 0.6 is 27.5 Å². The molecule has 0 aliphatic rings. The molecule has 0 fully saturated rings. The number of nitrogens with one attached hydrogen (secondary N) is 3. The van der Waals surface area contributed by atoms with Crippen LogP contribution in [0.2, 0.25) is 5.02 Å². The van der Waals surface area contributed by atoms with Crippen molar-refractivity contribution in [3.05, 3.63) is 57.0 Å². The van der Waals surface area contributed by atoms with Crippen molar-refractivity contribution in [3.63, 3.8) is 0 Å². The number of pyridine rings is 1. The van der Waals surface area contributed by atoms with Gasteiger partial charge in [0.05, 0.1) is 30.3 Å². The van der Waals surface area contributed by atoms with E-state index < -0.39 is 6.03 Å². The zero-order valence-electron chi connectivity index (χ0n) is 14.0. The molecule has 0 bridgehead atoms. The first-order chi connectivity index (χ1) is 12.5. The van der Waals surface area contributed by atoms with Gasteiger partial charge in [-0.15, -0.1) is 0 Å². The minimum absolute atomic E-state index is 0.328. The normalized spacial score (nSPS) is 11.2. The third kappa shape index (κ3) is 4.96. The first kappa shape index (κ1) is 19.7. The van der Waals surface area contributed by atoms with Gasteiger partial charge < -0.3 is 26.1 Å². The molecule has 136 valence electrons. The van der Waals surface area contributed by atoms with E-state index in [0.29, 0.717) is 38.0 Å². The molecule has 0 spiro atoms. The summed E-state index contributed by atoms with van der Waals surface area (Å²) in [5.41, 5.74) is 2.08. The monoisotopic (exact) mass is 436 g/mol. The SMILES string of the molecule is CN/C(=C(/Br)C=[N-])c1cc(NC(=O)Nc2cccc(Cl)c2)cnc1OC. The van der Waals surface area contributed by atoms with Gasteiger partial charge in [-0.05, 0) is 24.3 Å². The van der Waals surface area contributed by atoms with Gasteiger partial charge in [-0.25, -0.2) is 9.78 Å². The number of hydrogen-bond donors (Lipinski definition) is 3. The molecule has 9 heteroatoms. The molecular weight excluding hydrogens is 422 g/mol. The summed E-state index contributed by atoms with van der Waals surface area (Å²) in [5.74, 6) is 0.328. The molecule has 0 aliphatic heterocycles. The molecule has 2 rings (SSSR count). The molecule has 0 unspecified atom stereocenters. The van der Waals surface area contributed by atoms with E-state index in [9.17, 15) is 10.2 Å². The van der Waals surface area contributed by atoms with Crippen LogP contribution in [0.4, 0.5) is 16.2 Å². The third-order valence-corrected chi connectivity index (χ3v) is 4.09. The maximum atomic E-state index is 12.2. The van der Waals surface area contributed by atoms with Crippen molar-refractivity contribution < 1.29 is 9.53 Å². The van der Waals surface area contributed by atoms with Crippen molar-refractivity contribution in [3.8, 4) is 5.88 Å². The van der Waals surface area contributed by atoms with Crippen LogP contribution in [0.5, 0.6) is 5.88 Å². The number of anilines is 2. The Labute approximate surface area is 164 Å². The Balaban J connectivity index is 2.26. The lowest BCUT2D eigenvalue weighted by atomic mass is 10.1. The number of carbonyl (C=O) groups is 1. The van der Waals surface area contributed by atoms with Crippen molar-refractivity contribution in [2.75, 3.05) is 24.8 Å². The van der Waals surface area contributed by atoms with E-state index in [1.807, 2.05) is 0 Å². The Hall–Kier alpha value is -2.58. The molecule has 1 aromatic carbocycles. The fourth-order valence-electron chi connectivity index (χ4n) is 2.17. The highest BCUT2D eigenvalue weighted by atomic mass is 79.9. The van der Waals surface area contributed by atoms with Gasteiger partial charge in [0, 0.05) is 22.2 Å². The maximum absolute atomic E-state index is 12.2. The van der Waals surface area contributed by atoms with Crippen molar-refractivity contribution in [2.24, 2.45) is 0 Å². The first-order valence-electron chi connectivity index (χ1n) is 7.41. The van der Waals surface area contributed by atoms with Gasteiger partial charge in [-0.2, -0.15) is 6.21 Å². The van der Waals surface area contributed by atoms with Gasteiger partial charge in [-0.3, -0.25) is 0 Å². The number of methoxy groups -OCH3 is 1. The fourth-order valence-corrected chi connectivity index (χ4v) is 2.77. The quantitative estimate of drug-likeness (QED) is 0.587. The van der Waals surface area contributed by atoms with Gasteiger partial charge in [-0.1, -0.05) is 33.6 Å². The number of amides is 2. The predicted molar refractivity (Wildman–Crippen MR) is 109 cm³/mol. The molecule has 0 atom stereocenters. The molecular formula is C17H16BrClN5O2-. The Bertz CT molecular complexity index is 857. The molecule has 7 nitrogen and oxygen atoms in total. The van der Waals surface area contributed by atoms with Crippen molar-refractivity contribution in [2.45, 2.75) is 0 Å². The third-order valence-electron chi connectivity index (χ3n) is 3.26. The number of rotatable bonds is 6. The lowest BCUT2D eigenvalue weighted by molar-refractivity contribution is 0.262. The molecule has 1 aromatic heterocycles. The second kappa shape index (κ2) is 9.21. The van der Waals surface area contributed by atoms with Crippen molar-refractivity contribution >= 4 is 56.8 Å². The van der Waals surface area contributed by atoms with Crippen LogP contribution < -0.4 is 20.7 Å². The number of hydrogen-bond acceptors (Lipinski definition) is 4. The molecule has 0 aliphatic carbocycles. The molecule has 3 N–H and O–H groups in total. The molecule has 26 heavy (non-hydrogen) atoms. The topological polar surface area (TPSA) is 97.6 Å². The van der Waals surface area contributed by atoms with Crippen LogP contribution in [0.1, 0.15) is 5.56 Å². The van der Waals surface area contributed by atoms with Crippen LogP contribution in [-0.4, -0.2) is 31.4 Å². The van der Waals surface area contributed by atoms with E-state index >= 15 is 0 Å². The van der Waals surface area contributed by atoms with Crippen LogP contribution in [-0.2, 0) is 0 Å². The average Bonchev–Trinajstić information content (AvgIpc) is 2.62. The molecule has 0 saturated carbocycles. The minimum atomic E-state index is -0.451. The van der Waals surface area contributed by atoms with Crippen LogP contribution in [0.25, 0.3) is 11.1 Å². The Kier molecular flexibility index (Phi) is 6.99. The summed E-state index contributed by atoms with van der Waals surface area (Å²) in [5, 5.41) is 18.1. The second-order valence-electron chi connectivity index (χ2n) is 4.97.